The third-order valence-corrected chi connectivity index (χ3v) is 5.95. The van der Waals surface area contributed by atoms with Gasteiger partial charge in [-0.15, -0.1) is 11.3 Å². The highest BCUT2D eigenvalue weighted by Crippen LogP contribution is 2.21. The largest absolute Gasteiger partial charge is 0.489 e. The number of carbonyl (C=O) groups excluding carboxylic acids is 2. The van der Waals surface area contributed by atoms with Gasteiger partial charge in [0.25, 0.3) is 5.91 Å². The van der Waals surface area contributed by atoms with Crippen molar-refractivity contribution in [3.63, 3.8) is 0 Å². The molecule has 1 saturated heterocycles. The SMILES string of the molecule is COC(=O)c1ccc(COc2ccc(/C=N/NC(=O)c3csc(N4CCOCC4)n3)cc2)cc1. The number of ether oxygens (including phenoxy) is 3. The smallest absolute Gasteiger partial charge is 0.337 e. The van der Waals surface area contributed by atoms with Crippen molar-refractivity contribution in [2.75, 3.05) is 38.3 Å². The molecule has 0 atom stereocenters. The van der Waals surface area contributed by atoms with Gasteiger partial charge in [0.05, 0.1) is 32.1 Å². The van der Waals surface area contributed by atoms with Gasteiger partial charge in [-0.05, 0) is 47.5 Å². The molecule has 4 rings (SSSR count). The van der Waals surface area contributed by atoms with E-state index < -0.39 is 0 Å². The average Bonchev–Trinajstić information content (AvgIpc) is 3.39. The van der Waals surface area contributed by atoms with Crippen LogP contribution in [0.5, 0.6) is 5.75 Å². The predicted octanol–water partition coefficient (Wildman–Crippen LogP) is 3.11. The molecular weight excluding hydrogens is 456 g/mol. The summed E-state index contributed by atoms with van der Waals surface area (Å²) in [5.74, 6) is -0.0354. The first kappa shape index (κ1) is 23.4. The van der Waals surface area contributed by atoms with Crippen LogP contribution in [-0.2, 0) is 16.1 Å². The van der Waals surface area contributed by atoms with Crippen LogP contribution in [0.4, 0.5) is 5.13 Å². The number of rotatable bonds is 8. The van der Waals surface area contributed by atoms with Gasteiger partial charge in [0.15, 0.2) is 5.13 Å². The van der Waals surface area contributed by atoms with Gasteiger partial charge in [0.1, 0.15) is 18.1 Å². The van der Waals surface area contributed by atoms with Crippen molar-refractivity contribution in [1.82, 2.24) is 10.4 Å². The highest BCUT2D eigenvalue weighted by Gasteiger charge is 2.17. The molecule has 2 aromatic carbocycles. The number of hydrogen-bond donors (Lipinski definition) is 1. The minimum Gasteiger partial charge on any atom is -0.489 e. The Hall–Kier alpha value is -3.76. The lowest BCUT2D eigenvalue weighted by molar-refractivity contribution is 0.0600. The molecule has 0 radical (unpaired) electrons. The first-order valence-electron chi connectivity index (χ1n) is 10.6. The van der Waals surface area contributed by atoms with Gasteiger partial charge in [-0.25, -0.2) is 15.2 Å². The lowest BCUT2D eigenvalue weighted by Crippen LogP contribution is -2.36. The van der Waals surface area contributed by atoms with E-state index in [4.69, 9.17) is 14.2 Å². The van der Waals surface area contributed by atoms with E-state index in [0.717, 1.165) is 29.3 Å². The molecule has 1 fully saturated rings. The van der Waals surface area contributed by atoms with Crippen LogP contribution in [0.2, 0.25) is 0 Å². The van der Waals surface area contributed by atoms with Crippen molar-refractivity contribution < 1.29 is 23.8 Å². The highest BCUT2D eigenvalue weighted by atomic mass is 32.1. The third kappa shape index (κ3) is 6.18. The van der Waals surface area contributed by atoms with Crippen LogP contribution in [0.3, 0.4) is 0 Å². The van der Waals surface area contributed by atoms with Gasteiger partial charge in [-0.3, -0.25) is 4.79 Å². The molecule has 0 aliphatic carbocycles. The lowest BCUT2D eigenvalue weighted by atomic mass is 10.1. The predicted molar refractivity (Wildman–Crippen MR) is 129 cm³/mol. The van der Waals surface area contributed by atoms with E-state index in [1.54, 1.807) is 23.7 Å². The molecule has 1 amide bonds. The number of hydrogen-bond acceptors (Lipinski definition) is 9. The fraction of sp³-hybridized carbons (Fsp3) is 0.250. The maximum atomic E-state index is 12.3. The molecule has 0 saturated carbocycles. The summed E-state index contributed by atoms with van der Waals surface area (Å²) >= 11 is 1.43. The maximum Gasteiger partial charge on any atom is 0.337 e. The number of anilines is 1. The molecule has 1 aliphatic heterocycles. The van der Waals surface area contributed by atoms with E-state index in [1.807, 2.05) is 36.4 Å². The van der Waals surface area contributed by atoms with Crippen LogP contribution in [0.1, 0.15) is 32.0 Å². The monoisotopic (exact) mass is 480 g/mol. The second-order valence-electron chi connectivity index (χ2n) is 7.36. The van der Waals surface area contributed by atoms with Crippen LogP contribution >= 0.6 is 11.3 Å². The molecule has 10 heteroatoms. The average molecular weight is 481 g/mol. The number of thiazole rings is 1. The molecule has 1 aromatic heterocycles. The number of methoxy groups -OCH3 is 1. The Morgan fingerprint density at radius 3 is 2.59 bits per heavy atom. The molecule has 0 bridgehead atoms. The van der Waals surface area contributed by atoms with Crippen molar-refractivity contribution in [2.24, 2.45) is 5.10 Å². The molecule has 0 unspecified atom stereocenters. The Kier molecular flexibility index (Phi) is 7.84. The van der Waals surface area contributed by atoms with Crippen molar-refractivity contribution in [1.29, 1.82) is 0 Å². The zero-order chi connectivity index (χ0) is 23.8. The van der Waals surface area contributed by atoms with Crippen molar-refractivity contribution >= 4 is 34.6 Å². The second-order valence-corrected chi connectivity index (χ2v) is 8.20. The lowest BCUT2D eigenvalue weighted by Gasteiger charge is -2.25. The normalized spacial score (nSPS) is 13.6. The molecule has 3 aromatic rings. The quantitative estimate of drug-likeness (QED) is 0.300. The molecule has 9 nitrogen and oxygen atoms in total. The molecule has 176 valence electrons. The van der Waals surface area contributed by atoms with Crippen LogP contribution < -0.4 is 15.1 Å². The summed E-state index contributed by atoms with van der Waals surface area (Å²) in [4.78, 5) is 30.3. The zero-order valence-corrected chi connectivity index (χ0v) is 19.4. The van der Waals surface area contributed by atoms with Gasteiger partial charge in [-0.1, -0.05) is 12.1 Å². The van der Waals surface area contributed by atoms with Gasteiger partial charge in [0.2, 0.25) is 0 Å². The fourth-order valence-electron chi connectivity index (χ4n) is 3.16. The number of nitrogens with one attached hydrogen (secondary N) is 1. The van der Waals surface area contributed by atoms with Crippen LogP contribution in [0, 0.1) is 0 Å². The van der Waals surface area contributed by atoms with E-state index in [0.29, 0.717) is 36.8 Å². The highest BCUT2D eigenvalue weighted by molar-refractivity contribution is 7.13. The van der Waals surface area contributed by atoms with E-state index in [-0.39, 0.29) is 11.9 Å². The summed E-state index contributed by atoms with van der Waals surface area (Å²) in [6.45, 7) is 3.24. The van der Waals surface area contributed by atoms with Gasteiger partial charge in [-0.2, -0.15) is 5.10 Å². The Bertz CT molecular complexity index is 1140. The number of carbonyl (C=O) groups is 2. The molecule has 1 aliphatic rings. The van der Waals surface area contributed by atoms with Crippen LogP contribution in [-0.4, -0.2) is 56.5 Å². The number of esters is 1. The van der Waals surface area contributed by atoms with E-state index in [1.165, 1.54) is 18.4 Å². The molecule has 1 N–H and O–H groups in total. The Balaban J connectivity index is 1.24. The fourth-order valence-corrected chi connectivity index (χ4v) is 4.02. The molecule has 2 heterocycles. The van der Waals surface area contributed by atoms with Gasteiger partial charge in [0, 0.05) is 18.5 Å². The molecular formula is C24H24N4O5S. The van der Waals surface area contributed by atoms with E-state index in [2.05, 4.69) is 20.4 Å². The summed E-state index contributed by atoms with van der Waals surface area (Å²) in [7, 11) is 1.35. The Morgan fingerprint density at radius 1 is 1.15 bits per heavy atom. The summed E-state index contributed by atoms with van der Waals surface area (Å²) in [6.07, 6.45) is 1.56. The van der Waals surface area contributed by atoms with Crippen molar-refractivity contribution in [2.45, 2.75) is 6.61 Å². The Labute approximate surface area is 201 Å². The topological polar surface area (TPSA) is 102 Å². The third-order valence-electron chi connectivity index (χ3n) is 5.05. The summed E-state index contributed by atoms with van der Waals surface area (Å²) < 4.78 is 15.8. The van der Waals surface area contributed by atoms with E-state index >= 15 is 0 Å². The van der Waals surface area contributed by atoms with Crippen molar-refractivity contribution in [3.8, 4) is 5.75 Å². The zero-order valence-electron chi connectivity index (χ0n) is 18.6. The maximum absolute atomic E-state index is 12.3. The van der Waals surface area contributed by atoms with E-state index in [9.17, 15) is 9.59 Å². The first-order chi connectivity index (χ1) is 16.6. The van der Waals surface area contributed by atoms with Crippen LogP contribution in [0.25, 0.3) is 0 Å². The summed E-state index contributed by atoms with van der Waals surface area (Å²) in [5, 5.41) is 6.56. The molecule has 34 heavy (non-hydrogen) atoms. The first-order valence-corrected chi connectivity index (χ1v) is 11.5. The second kappa shape index (κ2) is 11.4. The summed E-state index contributed by atoms with van der Waals surface area (Å²) in [6, 6.07) is 14.4. The number of benzene rings is 2. The van der Waals surface area contributed by atoms with Gasteiger partial charge < -0.3 is 19.1 Å². The minimum absolute atomic E-state index is 0.340. The van der Waals surface area contributed by atoms with Gasteiger partial charge >= 0.3 is 5.97 Å². The number of hydrazone groups is 1. The van der Waals surface area contributed by atoms with Crippen LogP contribution in [0.15, 0.2) is 59.0 Å². The minimum atomic E-state index is -0.370. The standard InChI is InChI=1S/C24H24N4O5S/c1-31-23(30)19-6-2-18(3-7-19)15-33-20-8-4-17(5-9-20)14-25-27-22(29)21-16-34-24(26-21)28-10-12-32-13-11-28/h2-9,14,16H,10-13,15H2,1H3,(H,27,29)/b25-14+. The number of amides is 1. The number of aromatic nitrogens is 1. The Morgan fingerprint density at radius 2 is 1.88 bits per heavy atom. The number of morpholine rings is 1. The molecule has 0 spiro atoms. The van der Waals surface area contributed by atoms with Crippen molar-refractivity contribution in [3.05, 3.63) is 76.3 Å². The summed E-state index contributed by atoms with van der Waals surface area (Å²) in [5.41, 5.74) is 5.08. The number of nitrogens with zero attached hydrogens (tertiary/aromatic N) is 3.